The highest BCUT2D eigenvalue weighted by atomic mass is 16.5. The van der Waals surface area contributed by atoms with Crippen molar-refractivity contribution in [3.8, 4) is 5.75 Å². The van der Waals surface area contributed by atoms with Crippen LogP contribution >= 0.6 is 0 Å². The third kappa shape index (κ3) is 1.76. The molecule has 0 atom stereocenters. The van der Waals surface area contributed by atoms with Crippen LogP contribution in [0.3, 0.4) is 0 Å². The number of hydrogen-bond acceptors (Lipinski definition) is 2. The summed E-state index contributed by atoms with van der Waals surface area (Å²) >= 11 is 0. The molecule has 0 unspecified atom stereocenters. The number of benzene rings is 1. The summed E-state index contributed by atoms with van der Waals surface area (Å²) in [5.74, 6) is -0.221. The van der Waals surface area contributed by atoms with Gasteiger partial charge in [-0.3, -0.25) is 0 Å². The molecule has 2 rings (SSSR count). The Kier molecular flexibility index (Phi) is 2.29. The predicted octanol–water partition coefficient (Wildman–Crippen LogP) is 2.23. The Balaban J connectivity index is 2.38. The monoisotopic (exact) mass is 202 g/mol. The molecule has 1 aromatic rings. The van der Waals surface area contributed by atoms with Crippen LogP contribution in [0.5, 0.6) is 5.75 Å². The van der Waals surface area contributed by atoms with E-state index in [4.69, 9.17) is 9.84 Å². The van der Waals surface area contributed by atoms with E-state index in [1.54, 1.807) is 24.5 Å². The van der Waals surface area contributed by atoms with E-state index < -0.39 is 5.97 Å². The Labute approximate surface area is 87.3 Å². The fraction of sp³-hybridized carbons (Fsp3) is 0.0833. The number of aliphatic carboxylic acids is 1. The van der Waals surface area contributed by atoms with Crippen LogP contribution in [0.2, 0.25) is 0 Å². The summed E-state index contributed by atoms with van der Waals surface area (Å²) in [6, 6.07) is 5.27. The van der Waals surface area contributed by atoms with E-state index in [0.717, 1.165) is 17.7 Å². The zero-order valence-electron chi connectivity index (χ0n) is 8.06. The first-order valence-electron chi connectivity index (χ1n) is 4.55. The topological polar surface area (TPSA) is 46.5 Å². The second-order valence-corrected chi connectivity index (χ2v) is 3.30. The van der Waals surface area contributed by atoms with Gasteiger partial charge in [0.2, 0.25) is 0 Å². The molecule has 0 saturated heterocycles. The highest BCUT2D eigenvalue weighted by molar-refractivity contribution is 6.14. The molecule has 0 aromatic heterocycles. The molecule has 1 N–H and O–H groups in total. The molecule has 3 heteroatoms. The quantitative estimate of drug-likeness (QED) is 0.748. The van der Waals surface area contributed by atoms with Gasteiger partial charge in [0.1, 0.15) is 5.75 Å². The normalized spacial score (nSPS) is 12.8. The molecule has 0 saturated carbocycles. The Bertz CT molecular complexity index is 458. The van der Waals surface area contributed by atoms with Crippen LogP contribution in [0.25, 0.3) is 5.57 Å². The maximum absolute atomic E-state index is 10.7. The molecule has 76 valence electrons. The van der Waals surface area contributed by atoms with Gasteiger partial charge in [-0.05, 0) is 35.8 Å². The average Bonchev–Trinajstić information content (AvgIpc) is 2.27. The van der Waals surface area contributed by atoms with Gasteiger partial charge in [-0.25, -0.2) is 4.79 Å². The van der Waals surface area contributed by atoms with Crippen molar-refractivity contribution in [3.63, 3.8) is 0 Å². The first-order valence-corrected chi connectivity index (χ1v) is 4.55. The third-order valence-electron chi connectivity index (χ3n) is 2.30. The lowest BCUT2D eigenvalue weighted by molar-refractivity contribution is -0.130. The summed E-state index contributed by atoms with van der Waals surface area (Å²) in [5, 5.41) is 8.79. The molecule has 3 nitrogen and oxygen atoms in total. The highest BCUT2D eigenvalue weighted by Crippen LogP contribution is 2.26. The maximum Gasteiger partial charge on any atom is 0.335 e. The van der Waals surface area contributed by atoms with Gasteiger partial charge >= 0.3 is 5.97 Å². The van der Waals surface area contributed by atoms with E-state index >= 15 is 0 Å². The minimum absolute atomic E-state index is 0.104. The Hall–Kier alpha value is -2.03. The number of fused-ring (bicyclic) bond motifs is 1. The number of rotatable bonds is 2. The molecule has 1 aliphatic rings. The number of ether oxygens (including phenoxy) is 1. The molecule has 1 aliphatic heterocycles. The number of carboxylic acid groups (broad SMARTS) is 1. The average molecular weight is 202 g/mol. The van der Waals surface area contributed by atoms with Crippen molar-refractivity contribution in [3.05, 3.63) is 48.2 Å². The molecule has 1 aromatic carbocycles. The largest absolute Gasteiger partial charge is 0.478 e. The van der Waals surface area contributed by atoms with Crippen LogP contribution in [-0.4, -0.2) is 11.1 Å². The molecular formula is C12H10O3. The summed E-state index contributed by atoms with van der Waals surface area (Å²) in [6.07, 6.45) is 4.28. The molecule has 0 aliphatic carbocycles. The van der Waals surface area contributed by atoms with Gasteiger partial charge in [0, 0.05) is 0 Å². The van der Waals surface area contributed by atoms with Crippen molar-refractivity contribution in [2.24, 2.45) is 0 Å². The van der Waals surface area contributed by atoms with Crippen LogP contribution in [0.15, 0.2) is 37.1 Å². The van der Waals surface area contributed by atoms with E-state index in [0.29, 0.717) is 5.56 Å². The van der Waals surface area contributed by atoms with E-state index in [2.05, 4.69) is 6.58 Å². The molecule has 0 spiro atoms. The van der Waals surface area contributed by atoms with Gasteiger partial charge in [-0.2, -0.15) is 0 Å². The van der Waals surface area contributed by atoms with Crippen molar-refractivity contribution < 1.29 is 14.6 Å². The van der Waals surface area contributed by atoms with E-state index in [9.17, 15) is 4.79 Å². The first-order chi connectivity index (χ1) is 7.18. The molecule has 1 heterocycles. The standard InChI is InChI=1S/C12H10O3/c1-8(12(13)14)9-4-5-11-10(7-9)3-2-6-15-11/h2,4-7H,1,3H2,(H,13,14). The lowest BCUT2D eigenvalue weighted by Gasteiger charge is -2.12. The fourth-order valence-corrected chi connectivity index (χ4v) is 1.46. The number of carboxylic acids is 1. The third-order valence-corrected chi connectivity index (χ3v) is 2.30. The van der Waals surface area contributed by atoms with Crippen molar-refractivity contribution in [1.82, 2.24) is 0 Å². The van der Waals surface area contributed by atoms with E-state index in [1.807, 2.05) is 6.08 Å². The summed E-state index contributed by atoms with van der Waals surface area (Å²) in [4.78, 5) is 10.7. The van der Waals surface area contributed by atoms with Crippen molar-refractivity contribution in [1.29, 1.82) is 0 Å². The maximum atomic E-state index is 10.7. The lowest BCUT2D eigenvalue weighted by Crippen LogP contribution is -2.01. The lowest BCUT2D eigenvalue weighted by atomic mass is 10.0. The minimum atomic E-state index is -0.998. The van der Waals surface area contributed by atoms with Crippen LogP contribution in [0.1, 0.15) is 11.1 Å². The van der Waals surface area contributed by atoms with Crippen molar-refractivity contribution in [2.75, 3.05) is 0 Å². The fourth-order valence-electron chi connectivity index (χ4n) is 1.46. The molecule has 0 amide bonds. The molecule has 0 radical (unpaired) electrons. The highest BCUT2D eigenvalue weighted by Gasteiger charge is 2.11. The smallest absolute Gasteiger partial charge is 0.335 e. The predicted molar refractivity (Wildman–Crippen MR) is 56.6 cm³/mol. The molecule has 0 fully saturated rings. The first kappa shape index (κ1) is 9.52. The number of carbonyl (C=O) groups is 1. The Morgan fingerprint density at radius 3 is 3.00 bits per heavy atom. The number of hydrogen-bond donors (Lipinski definition) is 1. The summed E-state index contributed by atoms with van der Waals surface area (Å²) < 4.78 is 5.26. The second-order valence-electron chi connectivity index (χ2n) is 3.30. The molecular weight excluding hydrogens is 192 g/mol. The summed E-state index contributed by atoms with van der Waals surface area (Å²) in [5.41, 5.74) is 1.71. The van der Waals surface area contributed by atoms with E-state index in [1.165, 1.54) is 0 Å². The molecule has 15 heavy (non-hydrogen) atoms. The second kappa shape index (κ2) is 3.61. The van der Waals surface area contributed by atoms with Crippen LogP contribution < -0.4 is 4.74 Å². The van der Waals surface area contributed by atoms with Gasteiger partial charge in [-0.15, -0.1) is 0 Å². The Morgan fingerprint density at radius 1 is 1.47 bits per heavy atom. The van der Waals surface area contributed by atoms with Crippen LogP contribution in [0, 0.1) is 0 Å². The zero-order valence-corrected chi connectivity index (χ0v) is 8.06. The Morgan fingerprint density at radius 2 is 2.27 bits per heavy atom. The van der Waals surface area contributed by atoms with Crippen molar-refractivity contribution >= 4 is 11.5 Å². The van der Waals surface area contributed by atoms with Gasteiger partial charge in [-0.1, -0.05) is 12.6 Å². The van der Waals surface area contributed by atoms with Gasteiger partial charge in [0.15, 0.2) is 0 Å². The summed E-state index contributed by atoms with van der Waals surface area (Å²) in [7, 11) is 0. The number of allylic oxidation sites excluding steroid dienone is 1. The van der Waals surface area contributed by atoms with Gasteiger partial charge in [0.25, 0.3) is 0 Å². The van der Waals surface area contributed by atoms with Gasteiger partial charge in [0.05, 0.1) is 11.8 Å². The van der Waals surface area contributed by atoms with Gasteiger partial charge < -0.3 is 9.84 Å². The summed E-state index contributed by atoms with van der Waals surface area (Å²) in [6.45, 7) is 3.51. The SMILES string of the molecule is C=C(C(=O)O)c1ccc2c(c1)CC=CO2. The van der Waals surface area contributed by atoms with Crippen molar-refractivity contribution in [2.45, 2.75) is 6.42 Å². The van der Waals surface area contributed by atoms with Crippen LogP contribution in [0.4, 0.5) is 0 Å². The minimum Gasteiger partial charge on any atom is -0.478 e. The molecule has 0 bridgehead atoms. The van der Waals surface area contributed by atoms with E-state index in [-0.39, 0.29) is 5.57 Å². The van der Waals surface area contributed by atoms with Crippen LogP contribution in [-0.2, 0) is 11.2 Å². The zero-order chi connectivity index (χ0) is 10.8.